The molecule has 0 aliphatic rings. The van der Waals surface area contributed by atoms with Crippen molar-refractivity contribution in [3.63, 3.8) is 0 Å². The number of amides is 1. The number of carbonyl (C=O) groups excluding carboxylic acids is 1. The Morgan fingerprint density at radius 3 is 2.21 bits per heavy atom. The number of halogens is 3. The van der Waals surface area contributed by atoms with Crippen molar-refractivity contribution in [1.82, 2.24) is 5.32 Å². The molecular weight excluding hydrogens is 259 g/mol. The Hall–Kier alpha value is -1.72. The van der Waals surface area contributed by atoms with E-state index in [1.54, 1.807) is 19.9 Å². The van der Waals surface area contributed by atoms with Crippen LogP contribution in [0, 0.1) is 0 Å². The Morgan fingerprint density at radius 2 is 1.74 bits per heavy atom. The summed E-state index contributed by atoms with van der Waals surface area (Å²) in [7, 11) is 1.20. The van der Waals surface area contributed by atoms with E-state index in [-0.39, 0.29) is 12.1 Å². The highest BCUT2D eigenvalue weighted by atomic mass is 19.4. The predicted molar refractivity (Wildman–Crippen MR) is 64.9 cm³/mol. The topological polar surface area (TPSA) is 38.3 Å². The first kappa shape index (κ1) is 15.3. The van der Waals surface area contributed by atoms with Crippen LogP contribution in [0.25, 0.3) is 0 Å². The maximum atomic E-state index is 12.9. The van der Waals surface area contributed by atoms with E-state index in [0.717, 1.165) is 6.07 Å². The quantitative estimate of drug-likeness (QED) is 0.918. The van der Waals surface area contributed by atoms with Gasteiger partial charge in [-0.25, -0.2) is 4.79 Å². The highest BCUT2D eigenvalue weighted by molar-refractivity contribution is 5.67. The summed E-state index contributed by atoms with van der Waals surface area (Å²) in [5, 5.41) is 2.42. The van der Waals surface area contributed by atoms with Gasteiger partial charge in [-0.2, -0.15) is 13.2 Å². The number of methoxy groups -OCH3 is 1. The van der Waals surface area contributed by atoms with E-state index in [4.69, 9.17) is 0 Å². The fourth-order valence-corrected chi connectivity index (χ4v) is 1.78. The van der Waals surface area contributed by atoms with E-state index in [1.165, 1.54) is 19.2 Å². The molecule has 3 nitrogen and oxygen atoms in total. The molecule has 1 aromatic rings. The van der Waals surface area contributed by atoms with Crippen LogP contribution in [0.4, 0.5) is 18.0 Å². The van der Waals surface area contributed by atoms with Crippen molar-refractivity contribution in [3.8, 4) is 0 Å². The number of ether oxygens (including phenoxy) is 1. The summed E-state index contributed by atoms with van der Waals surface area (Å²) in [6.07, 6.45) is -5.09. The minimum Gasteiger partial charge on any atom is -0.453 e. The maximum Gasteiger partial charge on any atom is 0.416 e. The molecule has 19 heavy (non-hydrogen) atoms. The zero-order valence-electron chi connectivity index (χ0n) is 11.0. The van der Waals surface area contributed by atoms with Gasteiger partial charge in [0.2, 0.25) is 0 Å². The van der Waals surface area contributed by atoms with Crippen LogP contribution in [0.2, 0.25) is 0 Å². The number of carbonyl (C=O) groups is 1. The Bertz CT molecular complexity index is 455. The average Bonchev–Trinajstić information content (AvgIpc) is 2.35. The van der Waals surface area contributed by atoms with Crippen LogP contribution in [0.3, 0.4) is 0 Å². The minimum absolute atomic E-state index is 0.0484. The standard InChI is InChI=1S/C13H16F3NO2/c1-12(2,8-17-11(18)19-3)9-6-4-5-7-10(9)13(14,15)16/h4-7H,8H2,1-3H3,(H,17,18). The maximum absolute atomic E-state index is 12.9. The Balaban J connectivity index is 3.04. The summed E-state index contributed by atoms with van der Waals surface area (Å²) in [6.45, 7) is 3.31. The second kappa shape index (κ2) is 5.50. The van der Waals surface area contributed by atoms with Gasteiger partial charge in [-0.1, -0.05) is 32.0 Å². The lowest BCUT2D eigenvalue weighted by Crippen LogP contribution is -2.37. The molecule has 1 amide bonds. The summed E-state index contributed by atoms with van der Waals surface area (Å²) < 4.78 is 43.2. The number of hydrogen-bond acceptors (Lipinski definition) is 2. The fourth-order valence-electron chi connectivity index (χ4n) is 1.78. The van der Waals surface area contributed by atoms with E-state index in [2.05, 4.69) is 10.1 Å². The molecule has 0 radical (unpaired) electrons. The lowest BCUT2D eigenvalue weighted by molar-refractivity contribution is -0.138. The Morgan fingerprint density at radius 1 is 1.21 bits per heavy atom. The van der Waals surface area contributed by atoms with Gasteiger partial charge >= 0.3 is 12.3 Å². The third-order valence-corrected chi connectivity index (χ3v) is 2.82. The summed E-state index contributed by atoms with van der Waals surface area (Å²) >= 11 is 0. The number of alkyl halides is 3. The zero-order valence-corrected chi connectivity index (χ0v) is 11.0. The molecule has 0 heterocycles. The fraction of sp³-hybridized carbons (Fsp3) is 0.462. The zero-order chi connectivity index (χ0) is 14.7. The lowest BCUT2D eigenvalue weighted by atomic mass is 9.81. The Labute approximate surface area is 109 Å². The first-order valence-electron chi connectivity index (χ1n) is 5.67. The van der Waals surface area contributed by atoms with Crippen molar-refractivity contribution in [2.24, 2.45) is 0 Å². The van der Waals surface area contributed by atoms with Crippen LogP contribution in [-0.2, 0) is 16.3 Å². The molecule has 106 valence electrons. The van der Waals surface area contributed by atoms with Gasteiger partial charge in [-0.15, -0.1) is 0 Å². The molecular formula is C13H16F3NO2. The van der Waals surface area contributed by atoms with Crippen LogP contribution < -0.4 is 5.32 Å². The third kappa shape index (κ3) is 3.87. The normalized spacial score (nSPS) is 12.1. The molecule has 1 aromatic carbocycles. The average molecular weight is 275 g/mol. The van der Waals surface area contributed by atoms with Gasteiger partial charge in [0, 0.05) is 12.0 Å². The summed E-state index contributed by atoms with van der Waals surface area (Å²) in [4.78, 5) is 11.0. The van der Waals surface area contributed by atoms with Crippen molar-refractivity contribution in [2.45, 2.75) is 25.4 Å². The van der Waals surface area contributed by atoms with E-state index >= 15 is 0 Å². The highest BCUT2D eigenvalue weighted by Gasteiger charge is 2.37. The molecule has 0 fully saturated rings. The molecule has 0 spiro atoms. The highest BCUT2D eigenvalue weighted by Crippen LogP contribution is 2.37. The van der Waals surface area contributed by atoms with Gasteiger partial charge in [0.05, 0.1) is 12.7 Å². The monoisotopic (exact) mass is 275 g/mol. The molecule has 0 aliphatic heterocycles. The molecule has 0 aliphatic carbocycles. The van der Waals surface area contributed by atoms with Crippen LogP contribution in [-0.4, -0.2) is 19.7 Å². The third-order valence-electron chi connectivity index (χ3n) is 2.82. The largest absolute Gasteiger partial charge is 0.453 e. The number of nitrogens with one attached hydrogen (secondary N) is 1. The summed E-state index contributed by atoms with van der Waals surface area (Å²) in [6, 6.07) is 5.34. The van der Waals surface area contributed by atoms with Crippen LogP contribution in [0.1, 0.15) is 25.0 Å². The molecule has 1 N–H and O–H groups in total. The van der Waals surface area contributed by atoms with Gasteiger partial charge in [0.1, 0.15) is 0 Å². The Kier molecular flexibility index (Phi) is 4.44. The second-order valence-electron chi connectivity index (χ2n) is 4.77. The minimum atomic E-state index is -4.42. The number of benzene rings is 1. The van der Waals surface area contributed by atoms with Crippen molar-refractivity contribution >= 4 is 6.09 Å². The van der Waals surface area contributed by atoms with Gasteiger partial charge < -0.3 is 10.1 Å². The van der Waals surface area contributed by atoms with Crippen LogP contribution >= 0.6 is 0 Å². The van der Waals surface area contributed by atoms with E-state index in [9.17, 15) is 18.0 Å². The smallest absolute Gasteiger partial charge is 0.416 e. The van der Waals surface area contributed by atoms with Gasteiger partial charge in [-0.05, 0) is 11.6 Å². The van der Waals surface area contributed by atoms with Gasteiger partial charge in [0.25, 0.3) is 0 Å². The van der Waals surface area contributed by atoms with Crippen molar-refractivity contribution in [1.29, 1.82) is 0 Å². The summed E-state index contributed by atoms with van der Waals surface area (Å²) in [5.41, 5.74) is -1.41. The lowest BCUT2D eigenvalue weighted by Gasteiger charge is -2.28. The van der Waals surface area contributed by atoms with Crippen molar-refractivity contribution in [3.05, 3.63) is 35.4 Å². The summed E-state index contributed by atoms with van der Waals surface area (Å²) in [5.74, 6) is 0. The van der Waals surface area contributed by atoms with Crippen LogP contribution in [0.15, 0.2) is 24.3 Å². The van der Waals surface area contributed by atoms with Crippen molar-refractivity contribution in [2.75, 3.05) is 13.7 Å². The van der Waals surface area contributed by atoms with Crippen molar-refractivity contribution < 1.29 is 22.7 Å². The first-order chi connectivity index (χ1) is 8.68. The molecule has 0 saturated carbocycles. The van der Waals surface area contributed by atoms with Gasteiger partial charge in [0.15, 0.2) is 0 Å². The van der Waals surface area contributed by atoms with Gasteiger partial charge in [-0.3, -0.25) is 0 Å². The molecule has 0 aromatic heterocycles. The van der Waals surface area contributed by atoms with E-state index in [0.29, 0.717) is 0 Å². The second-order valence-corrected chi connectivity index (χ2v) is 4.77. The predicted octanol–water partition coefficient (Wildman–Crippen LogP) is 3.34. The van der Waals surface area contributed by atoms with E-state index in [1.807, 2.05) is 0 Å². The molecule has 0 unspecified atom stereocenters. The molecule has 0 saturated heterocycles. The van der Waals surface area contributed by atoms with E-state index < -0.39 is 23.2 Å². The SMILES string of the molecule is COC(=O)NCC(C)(C)c1ccccc1C(F)(F)F. The molecule has 1 rings (SSSR count). The number of hydrogen-bond donors (Lipinski definition) is 1. The molecule has 0 atom stereocenters. The van der Waals surface area contributed by atoms with Crippen LogP contribution in [0.5, 0.6) is 0 Å². The first-order valence-corrected chi connectivity index (χ1v) is 5.67. The molecule has 0 bridgehead atoms. The number of alkyl carbamates (subject to hydrolysis) is 1. The molecule has 6 heteroatoms. The number of rotatable bonds is 3.